The quantitative estimate of drug-likeness (QED) is 0.603. The lowest BCUT2D eigenvalue weighted by Crippen LogP contribution is -2.31. The van der Waals surface area contributed by atoms with Gasteiger partial charge in [0.1, 0.15) is 22.8 Å². The third-order valence-electron chi connectivity index (χ3n) is 4.84. The summed E-state index contributed by atoms with van der Waals surface area (Å²) in [4.78, 5) is 12.8. The summed E-state index contributed by atoms with van der Waals surface area (Å²) in [6.45, 7) is -2.85. The van der Waals surface area contributed by atoms with Gasteiger partial charge in [0.15, 0.2) is 0 Å². The summed E-state index contributed by atoms with van der Waals surface area (Å²) in [7, 11) is 0. The molecule has 2 aromatic heterocycles. The van der Waals surface area contributed by atoms with Gasteiger partial charge in [-0.15, -0.1) is 0 Å². The zero-order valence-corrected chi connectivity index (χ0v) is 15.6. The second-order valence-corrected chi connectivity index (χ2v) is 6.94. The van der Waals surface area contributed by atoms with E-state index in [1.807, 2.05) is 0 Å². The first kappa shape index (κ1) is 19.1. The molecule has 3 aromatic rings. The molecular weight excluding hydrogens is 380 g/mol. The number of pyridine rings is 1. The van der Waals surface area contributed by atoms with Crippen molar-refractivity contribution in [1.29, 1.82) is 0 Å². The molecular formula is C20H21F2N5O2. The first-order valence-corrected chi connectivity index (χ1v) is 9.41. The highest BCUT2D eigenvalue weighted by Gasteiger charge is 2.23. The Kier molecular flexibility index (Phi) is 5.55. The highest BCUT2D eigenvalue weighted by atomic mass is 19.3. The number of hydrogen-bond donors (Lipinski definition) is 2. The van der Waals surface area contributed by atoms with E-state index in [-0.39, 0.29) is 17.9 Å². The highest BCUT2D eigenvalue weighted by Crippen LogP contribution is 2.31. The van der Waals surface area contributed by atoms with Crippen molar-refractivity contribution >= 4 is 22.5 Å². The summed E-state index contributed by atoms with van der Waals surface area (Å²) < 4.78 is 34.9. The van der Waals surface area contributed by atoms with Gasteiger partial charge in [0.2, 0.25) is 0 Å². The van der Waals surface area contributed by atoms with E-state index in [9.17, 15) is 8.78 Å². The van der Waals surface area contributed by atoms with E-state index in [1.165, 1.54) is 12.3 Å². The van der Waals surface area contributed by atoms with Crippen LogP contribution in [-0.4, -0.2) is 33.7 Å². The molecule has 1 fully saturated rings. The molecule has 2 heterocycles. The second kappa shape index (κ2) is 8.42. The van der Waals surface area contributed by atoms with Crippen LogP contribution in [0.1, 0.15) is 25.7 Å². The molecule has 29 heavy (non-hydrogen) atoms. The third-order valence-corrected chi connectivity index (χ3v) is 4.84. The fourth-order valence-electron chi connectivity index (χ4n) is 3.51. The molecule has 7 nitrogen and oxygen atoms in total. The normalized spacial score (nSPS) is 19.3. The van der Waals surface area contributed by atoms with Crippen molar-refractivity contribution in [3.63, 3.8) is 0 Å². The summed E-state index contributed by atoms with van der Waals surface area (Å²) in [5, 5.41) is 3.33. The van der Waals surface area contributed by atoms with Crippen LogP contribution >= 0.6 is 0 Å². The predicted octanol–water partition coefficient (Wildman–Crippen LogP) is 4.01. The molecule has 0 spiro atoms. The topological polar surface area (TPSA) is 95.2 Å². The fourth-order valence-corrected chi connectivity index (χ4v) is 3.51. The van der Waals surface area contributed by atoms with Crippen LogP contribution in [-0.2, 0) is 0 Å². The van der Waals surface area contributed by atoms with E-state index in [0.29, 0.717) is 28.3 Å². The molecule has 152 valence electrons. The van der Waals surface area contributed by atoms with Crippen LogP contribution < -0.4 is 20.5 Å². The highest BCUT2D eigenvalue weighted by molar-refractivity contribution is 5.84. The van der Waals surface area contributed by atoms with Gasteiger partial charge < -0.3 is 20.5 Å². The number of benzene rings is 1. The number of ether oxygens (including phenoxy) is 2. The summed E-state index contributed by atoms with van der Waals surface area (Å²) in [6.07, 6.45) is 8.13. The van der Waals surface area contributed by atoms with Crippen molar-refractivity contribution in [3.05, 3.63) is 42.9 Å². The monoisotopic (exact) mass is 401 g/mol. The number of nitrogens with one attached hydrogen (secondary N) is 1. The van der Waals surface area contributed by atoms with Gasteiger partial charge in [0.05, 0.1) is 17.8 Å². The second-order valence-electron chi connectivity index (χ2n) is 6.94. The Hall–Kier alpha value is -3.23. The Morgan fingerprint density at radius 3 is 2.55 bits per heavy atom. The Labute approximate surface area is 166 Å². The Morgan fingerprint density at radius 2 is 1.83 bits per heavy atom. The summed E-state index contributed by atoms with van der Waals surface area (Å²) in [5.41, 5.74) is 7.97. The van der Waals surface area contributed by atoms with Gasteiger partial charge in [-0.05, 0) is 43.9 Å². The van der Waals surface area contributed by atoms with Gasteiger partial charge in [0.25, 0.3) is 0 Å². The minimum Gasteiger partial charge on any atom is -0.488 e. The Bertz CT molecular complexity index is 963. The Balaban J connectivity index is 1.33. The van der Waals surface area contributed by atoms with Crippen LogP contribution in [0.5, 0.6) is 11.5 Å². The van der Waals surface area contributed by atoms with E-state index in [1.54, 1.807) is 30.6 Å². The number of fused-ring (bicyclic) bond motifs is 1. The number of alkyl halides is 2. The molecule has 0 bridgehead atoms. The molecule has 0 aliphatic heterocycles. The van der Waals surface area contributed by atoms with Gasteiger partial charge >= 0.3 is 6.61 Å². The summed E-state index contributed by atoms with van der Waals surface area (Å²) in [5.74, 6) is 1.33. The van der Waals surface area contributed by atoms with E-state index in [0.717, 1.165) is 25.7 Å². The molecule has 4 rings (SSSR count). The maximum absolute atomic E-state index is 12.2. The molecule has 3 N–H and O–H groups in total. The third kappa shape index (κ3) is 4.79. The standard InChI is InChI=1S/C20H21F2N5O2/c21-20(22)29-15-5-6-18(26-11-15)27-13-1-3-14(4-2-13)28-17-10-12(23)9-16-19(17)25-8-7-24-16/h5-11,13-14,20H,1-4,23H2,(H,26,27). The predicted molar refractivity (Wildman–Crippen MR) is 105 cm³/mol. The van der Waals surface area contributed by atoms with Crippen molar-refractivity contribution in [2.75, 3.05) is 11.1 Å². The van der Waals surface area contributed by atoms with Crippen molar-refractivity contribution < 1.29 is 18.3 Å². The number of aromatic nitrogens is 3. The molecule has 1 aliphatic rings. The van der Waals surface area contributed by atoms with Gasteiger partial charge in [-0.1, -0.05) is 0 Å². The van der Waals surface area contributed by atoms with Crippen LogP contribution in [0.25, 0.3) is 11.0 Å². The fraction of sp³-hybridized carbons (Fsp3) is 0.350. The molecule has 1 saturated carbocycles. The molecule has 9 heteroatoms. The van der Waals surface area contributed by atoms with Gasteiger partial charge in [-0.2, -0.15) is 8.78 Å². The number of rotatable bonds is 6. The number of nitrogens with zero attached hydrogens (tertiary/aromatic N) is 3. The van der Waals surface area contributed by atoms with Gasteiger partial charge in [0, 0.05) is 30.2 Å². The molecule has 0 saturated heterocycles. The largest absolute Gasteiger partial charge is 0.488 e. The first-order valence-electron chi connectivity index (χ1n) is 9.41. The first-order chi connectivity index (χ1) is 14.1. The zero-order valence-electron chi connectivity index (χ0n) is 15.6. The minimum absolute atomic E-state index is 0.0418. The SMILES string of the molecule is Nc1cc(OC2CCC(Nc3ccc(OC(F)F)cn3)CC2)c2nccnc2c1. The number of nitrogens with two attached hydrogens (primary N) is 1. The van der Waals surface area contributed by atoms with Gasteiger partial charge in [-0.25, -0.2) is 9.97 Å². The Morgan fingerprint density at radius 1 is 1.03 bits per heavy atom. The lowest BCUT2D eigenvalue weighted by Gasteiger charge is -2.30. The van der Waals surface area contributed by atoms with Crippen LogP contribution in [0.15, 0.2) is 42.9 Å². The van der Waals surface area contributed by atoms with Crippen LogP contribution in [0.3, 0.4) is 0 Å². The van der Waals surface area contributed by atoms with E-state index in [4.69, 9.17) is 10.5 Å². The molecule has 0 atom stereocenters. The van der Waals surface area contributed by atoms with E-state index >= 15 is 0 Å². The molecule has 0 amide bonds. The van der Waals surface area contributed by atoms with E-state index in [2.05, 4.69) is 25.0 Å². The molecule has 1 aromatic carbocycles. The zero-order chi connectivity index (χ0) is 20.2. The van der Waals surface area contributed by atoms with Crippen molar-refractivity contribution in [3.8, 4) is 11.5 Å². The number of nitrogen functional groups attached to an aromatic ring is 1. The molecule has 0 radical (unpaired) electrons. The van der Waals surface area contributed by atoms with Crippen molar-refractivity contribution in [2.45, 2.75) is 44.4 Å². The lowest BCUT2D eigenvalue weighted by atomic mass is 9.93. The molecule has 1 aliphatic carbocycles. The number of anilines is 2. The van der Waals surface area contributed by atoms with Crippen molar-refractivity contribution in [2.24, 2.45) is 0 Å². The van der Waals surface area contributed by atoms with Gasteiger partial charge in [-0.3, -0.25) is 4.98 Å². The van der Waals surface area contributed by atoms with Crippen LogP contribution in [0.2, 0.25) is 0 Å². The summed E-state index contributed by atoms with van der Waals surface area (Å²) >= 11 is 0. The molecule has 0 unspecified atom stereocenters. The maximum Gasteiger partial charge on any atom is 0.387 e. The minimum atomic E-state index is -2.85. The van der Waals surface area contributed by atoms with Crippen LogP contribution in [0, 0.1) is 0 Å². The number of halogens is 2. The average Bonchev–Trinajstić information content (AvgIpc) is 2.70. The van der Waals surface area contributed by atoms with Crippen molar-refractivity contribution in [1.82, 2.24) is 15.0 Å². The smallest absolute Gasteiger partial charge is 0.387 e. The maximum atomic E-state index is 12.2. The van der Waals surface area contributed by atoms with Crippen LogP contribution in [0.4, 0.5) is 20.3 Å². The summed E-state index contributed by atoms with van der Waals surface area (Å²) in [6, 6.07) is 6.91. The average molecular weight is 401 g/mol. The number of hydrogen-bond acceptors (Lipinski definition) is 7. The lowest BCUT2D eigenvalue weighted by molar-refractivity contribution is -0.0500. The van der Waals surface area contributed by atoms with E-state index < -0.39 is 6.61 Å².